The van der Waals surface area contributed by atoms with Crippen LogP contribution in [0.2, 0.25) is 0 Å². The van der Waals surface area contributed by atoms with Gasteiger partial charge in [0.15, 0.2) is 6.29 Å². The van der Waals surface area contributed by atoms with Crippen LogP contribution in [0, 0.1) is 5.92 Å². The fourth-order valence-electron chi connectivity index (χ4n) is 2.77. The summed E-state index contributed by atoms with van der Waals surface area (Å²) in [4.78, 5) is 0. The van der Waals surface area contributed by atoms with E-state index in [1.807, 2.05) is 13.8 Å². The lowest BCUT2D eigenvalue weighted by atomic mass is 9.86. The van der Waals surface area contributed by atoms with E-state index in [0.717, 1.165) is 39.0 Å². The molecule has 1 unspecified atom stereocenters. The Morgan fingerprint density at radius 3 is 2.29 bits per heavy atom. The van der Waals surface area contributed by atoms with Crippen molar-refractivity contribution < 1.29 is 14.2 Å². The number of rotatable bonds is 3. The van der Waals surface area contributed by atoms with Gasteiger partial charge in [0.1, 0.15) is 0 Å². The summed E-state index contributed by atoms with van der Waals surface area (Å²) in [5.41, 5.74) is 0.102. The SMILES string of the molecule is CC.COC(OC)C1COC2(CCNCC2)C1. The van der Waals surface area contributed by atoms with Crippen molar-refractivity contribution in [3.8, 4) is 0 Å². The molecule has 2 fully saturated rings. The Bertz CT molecular complexity index is 201. The van der Waals surface area contributed by atoms with E-state index >= 15 is 0 Å². The summed E-state index contributed by atoms with van der Waals surface area (Å²) in [5.74, 6) is 0.387. The van der Waals surface area contributed by atoms with Gasteiger partial charge < -0.3 is 19.5 Å². The fraction of sp³-hybridized carbons (Fsp3) is 1.00. The van der Waals surface area contributed by atoms with Gasteiger partial charge in [-0.2, -0.15) is 0 Å². The summed E-state index contributed by atoms with van der Waals surface area (Å²) in [6, 6.07) is 0. The molecule has 2 saturated heterocycles. The summed E-state index contributed by atoms with van der Waals surface area (Å²) in [6.45, 7) is 6.90. The molecule has 0 aromatic heterocycles. The van der Waals surface area contributed by atoms with Gasteiger partial charge >= 0.3 is 0 Å². The van der Waals surface area contributed by atoms with Crippen LogP contribution in [-0.4, -0.2) is 45.8 Å². The molecule has 0 aromatic rings. The zero-order chi connectivity index (χ0) is 12.7. The quantitative estimate of drug-likeness (QED) is 0.770. The number of nitrogens with one attached hydrogen (secondary N) is 1. The minimum absolute atomic E-state index is 0.102. The van der Waals surface area contributed by atoms with Crippen LogP contribution in [0.4, 0.5) is 0 Å². The largest absolute Gasteiger partial charge is 0.374 e. The van der Waals surface area contributed by atoms with Crippen LogP contribution in [0.15, 0.2) is 0 Å². The Kier molecular flexibility index (Phi) is 6.41. The van der Waals surface area contributed by atoms with E-state index in [2.05, 4.69) is 5.32 Å². The summed E-state index contributed by atoms with van der Waals surface area (Å²) in [7, 11) is 3.39. The Morgan fingerprint density at radius 1 is 1.18 bits per heavy atom. The second kappa shape index (κ2) is 7.31. The fourth-order valence-corrected chi connectivity index (χ4v) is 2.77. The molecular weight excluding hydrogens is 218 g/mol. The first kappa shape index (κ1) is 14.9. The Labute approximate surface area is 105 Å². The van der Waals surface area contributed by atoms with Crippen LogP contribution in [-0.2, 0) is 14.2 Å². The van der Waals surface area contributed by atoms with Gasteiger partial charge in [-0.25, -0.2) is 0 Å². The number of hydrogen-bond donors (Lipinski definition) is 1. The maximum Gasteiger partial charge on any atom is 0.161 e. The van der Waals surface area contributed by atoms with Gasteiger partial charge in [-0.3, -0.25) is 0 Å². The van der Waals surface area contributed by atoms with Crippen molar-refractivity contribution in [1.29, 1.82) is 0 Å². The Morgan fingerprint density at radius 2 is 1.76 bits per heavy atom. The monoisotopic (exact) mass is 245 g/mol. The lowest BCUT2D eigenvalue weighted by Crippen LogP contribution is -2.41. The highest BCUT2D eigenvalue weighted by molar-refractivity contribution is 4.93. The standard InChI is InChI=1S/C11H21NO3.C2H6/c1-13-10(14-2)9-7-11(15-8-9)3-5-12-6-4-11;1-2/h9-10,12H,3-8H2,1-2H3;1-2H3. The minimum Gasteiger partial charge on any atom is -0.374 e. The van der Waals surface area contributed by atoms with Gasteiger partial charge in [0.2, 0.25) is 0 Å². The molecule has 0 amide bonds. The van der Waals surface area contributed by atoms with Crippen LogP contribution in [0.1, 0.15) is 33.1 Å². The summed E-state index contributed by atoms with van der Waals surface area (Å²) >= 11 is 0. The van der Waals surface area contributed by atoms with E-state index in [4.69, 9.17) is 14.2 Å². The number of ether oxygens (including phenoxy) is 3. The topological polar surface area (TPSA) is 39.7 Å². The second-order valence-electron chi connectivity index (χ2n) is 4.55. The van der Waals surface area contributed by atoms with E-state index in [9.17, 15) is 0 Å². The molecular formula is C13H27NO3. The third kappa shape index (κ3) is 3.65. The highest BCUT2D eigenvalue weighted by Crippen LogP contribution is 2.38. The number of methoxy groups -OCH3 is 2. The van der Waals surface area contributed by atoms with Gasteiger partial charge in [-0.05, 0) is 32.4 Å². The molecule has 4 nitrogen and oxygen atoms in total. The van der Waals surface area contributed by atoms with Crippen LogP contribution in [0.5, 0.6) is 0 Å². The Balaban J connectivity index is 0.000000686. The summed E-state index contributed by atoms with van der Waals surface area (Å²) in [5, 5.41) is 3.37. The minimum atomic E-state index is -0.112. The maximum absolute atomic E-state index is 5.98. The Hall–Kier alpha value is -0.160. The van der Waals surface area contributed by atoms with Gasteiger partial charge in [0.25, 0.3) is 0 Å². The lowest BCUT2D eigenvalue weighted by molar-refractivity contribution is -0.136. The molecule has 0 aromatic carbocycles. The third-order valence-corrected chi connectivity index (χ3v) is 3.60. The van der Waals surface area contributed by atoms with Crippen LogP contribution in [0.25, 0.3) is 0 Å². The highest BCUT2D eigenvalue weighted by Gasteiger charge is 2.43. The average molecular weight is 245 g/mol. The van der Waals surface area contributed by atoms with Crippen molar-refractivity contribution in [3.05, 3.63) is 0 Å². The number of hydrogen-bond acceptors (Lipinski definition) is 4. The number of piperidine rings is 1. The molecule has 2 rings (SSSR count). The normalized spacial score (nSPS) is 27.0. The summed E-state index contributed by atoms with van der Waals surface area (Å²) in [6.07, 6.45) is 3.19. The van der Waals surface area contributed by atoms with Crippen LogP contribution >= 0.6 is 0 Å². The van der Waals surface area contributed by atoms with E-state index in [1.165, 1.54) is 0 Å². The molecule has 1 spiro atoms. The van der Waals surface area contributed by atoms with Crippen LogP contribution in [0.3, 0.4) is 0 Å². The van der Waals surface area contributed by atoms with Crippen molar-refractivity contribution in [3.63, 3.8) is 0 Å². The average Bonchev–Trinajstić information content (AvgIpc) is 2.78. The summed E-state index contributed by atoms with van der Waals surface area (Å²) < 4.78 is 16.6. The molecule has 2 aliphatic rings. The van der Waals surface area contributed by atoms with Crippen molar-refractivity contribution >= 4 is 0 Å². The molecule has 4 heteroatoms. The molecule has 102 valence electrons. The molecule has 0 radical (unpaired) electrons. The van der Waals surface area contributed by atoms with E-state index in [1.54, 1.807) is 14.2 Å². The molecule has 0 aliphatic carbocycles. The molecule has 0 bridgehead atoms. The van der Waals surface area contributed by atoms with Gasteiger partial charge in [-0.1, -0.05) is 13.8 Å². The maximum atomic E-state index is 5.98. The zero-order valence-electron chi connectivity index (χ0n) is 11.6. The molecule has 2 heterocycles. The van der Waals surface area contributed by atoms with Gasteiger partial charge in [0, 0.05) is 20.1 Å². The van der Waals surface area contributed by atoms with Crippen molar-refractivity contribution in [2.75, 3.05) is 33.9 Å². The smallest absolute Gasteiger partial charge is 0.161 e. The molecule has 17 heavy (non-hydrogen) atoms. The first-order valence-corrected chi connectivity index (χ1v) is 6.70. The highest BCUT2D eigenvalue weighted by atomic mass is 16.7. The molecule has 1 N–H and O–H groups in total. The second-order valence-corrected chi connectivity index (χ2v) is 4.55. The predicted molar refractivity (Wildman–Crippen MR) is 68.0 cm³/mol. The van der Waals surface area contributed by atoms with E-state index < -0.39 is 0 Å². The van der Waals surface area contributed by atoms with E-state index in [0.29, 0.717) is 5.92 Å². The third-order valence-electron chi connectivity index (χ3n) is 3.60. The van der Waals surface area contributed by atoms with Gasteiger partial charge in [-0.15, -0.1) is 0 Å². The molecule has 2 aliphatic heterocycles. The zero-order valence-corrected chi connectivity index (χ0v) is 11.6. The lowest BCUT2D eigenvalue weighted by Gasteiger charge is -2.33. The predicted octanol–water partition coefficient (Wildman–Crippen LogP) is 1.79. The van der Waals surface area contributed by atoms with Crippen molar-refractivity contribution in [2.24, 2.45) is 5.92 Å². The van der Waals surface area contributed by atoms with Gasteiger partial charge in [0.05, 0.1) is 12.2 Å². The van der Waals surface area contributed by atoms with Crippen molar-refractivity contribution in [1.82, 2.24) is 5.32 Å². The first-order valence-electron chi connectivity index (χ1n) is 6.70. The first-order chi connectivity index (χ1) is 8.29. The molecule has 0 saturated carbocycles. The van der Waals surface area contributed by atoms with Crippen LogP contribution < -0.4 is 5.32 Å². The van der Waals surface area contributed by atoms with Crippen molar-refractivity contribution in [2.45, 2.75) is 45.0 Å². The van der Waals surface area contributed by atoms with E-state index in [-0.39, 0.29) is 11.9 Å². The molecule has 1 atom stereocenters.